The molecule has 1 aliphatic heterocycles. The zero-order chi connectivity index (χ0) is 11.4. The Hall–Kier alpha value is -1.76. The summed E-state index contributed by atoms with van der Waals surface area (Å²) >= 11 is 0. The van der Waals surface area contributed by atoms with Crippen LogP contribution in [-0.2, 0) is 9.59 Å². The van der Waals surface area contributed by atoms with Gasteiger partial charge in [-0.25, -0.2) is 4.79 Å². The van der Waals surface area contributed by atoms with Gasteiger partial charge in [-0.05, 0) is 0 Å². The second kappa shape index (κ2) is 4.65. The quantitative estimate of drug-likeness (QED) is 0.539. The summed E-state index contributed by atoms with van der Waals surface area (Å²) < 4.78 is 0. The van der Waals surface area contributed by atoms with E-state index in [4.69, 9.17) is 11.5 Å². The van der Waals surface area contributed by atoms with E-state index in [2.05, 4.69) is 12.5 Å². The standard InChI is InChI=1S/C11H13NO3/c1-3-5-9(11(14)15)12-7-8(4-2)6-10(12)13/h1,4,8-9H,2,5-7H2,(H,14,15). The van der Waals surface area contributed by atoms with Crippen LogP contribution in [0.15, 0.2) is 12.7 Å². The Labute approximate surface area is 88.6 Å². The minimum Gasteiger partial charge on any atom is -0.480 e. The molecule has 4 nitrogen and oxygen atoms in total. The Morgan fingerprint density at radius 3 is 2.93 bits per heavy atom. The van der Waals surface area contributed by atoms with Crippen molar-refractivity contribution in [2.45, 2.75) is 18.9 Å². The fourth-order valence-electron chi connectivity index (χ4n) is 1.66. The maximum Gasteiger partial charge on any atom is 0.327 e. The smallest absolute Gasteiger partial charge is 0.327 e. The summed E-state index contributed by atoms with van der Waals surface area (Å²) in [6.07, 6.45) is 7.13. The fourth-order valence-corrected chi connectivity index (χ4v) is 1.66. The minimum absolute atomic E-state index is 0.0390. The number of carboxylic acid groups (broad SMARTS) is 1. The van der Waals surface area contributed by atoms with Gasteiger partial charge in [-0.1, -0.05) is 6.08 Å². The van der Waals surface area contributed by atoms with Crippen molar-refractivity contribution in [3.63, 3.8) is 0 Å². The van der Waals surface area contributed by atoms with Gasteiger partial charge in [0.1, 0.15) is 6.04 Å². The molecule has 1 amide bonds. The molecule has 1 fully saturated rings. The van der Waals surface area contributed by atoms with Crippen molar-refractivity contribution in [3.8, 4) is 12.3 Å². The number of terminal acetylenes is 1. The molecular weight excluding hydrogens is 194 g/mol. The van der Waals surface area contributed by atoms with Crippen molar-refractivity contribution < 1.29 is 14.7 Å². The molecule has 1 aliphatic rings. The number of hydrogen-bond acceptors (Lipinski definition) is 2. The molecule has 4 heteroatoms. The van der Waals surface area contributed by atoms with E-state index in [0.717, 1.165) is 0 Å². The average Bonchev–Trinajstić information content (AvgIpc) is 2.55. The van der Waals surface area contributed by atoms with Crippen LogP contribution in [0.1, 0.15) is 12.8 Å². The van der Waals surface area contributed by atoms with Crippen molar-refractivity contribution in [1.82, 2.24) is 4.90 Å². The third-order valence-corrected chi connectivity index (χ3v) is 2.49. The second-order valence-electron chi connectivity index (χ2n) is 3.51. The van der Waals surface area contributed by atoms with E-state index < -0.39 is 12.0 Å². The van der Waals surface area contributed by atoms with Crippen LogP contribution in [0.5, 0.6) is 0 Å². The molecule has 0 saturated carbocycles. The molecule has 0 aromatic rings. The summed E-state index contributed by atoms with van der Waals surface area (Å²) in [4.78, 5) is 23.7. The van der Waals surface area contributed by atoms with Gasteiger partial charge in [0.25, 0.3) is 0 Å². The molecule has 0 aliphatic carbocycles. The number of amides is 1. The molecule has 2 unspecified atom stereocenters. The van der Waals surface area contributed by atoms with Gasteiger partial charge in [0.2, 0.25) is 5.91 Å². The van der Waals surface area contributed by atoms with Gasteiger partial charge in [0.15, 0.2) is 0 Å². The van der Waals surface area contributed by atoms with Crippen LogP contribution < -0.4 is 0 Å². The number of carbonyl (C=O) groups excluding carboxylic acids is 1. The molecule has 1 heterocycles. The van der Waals surface area contributed by atoms with Crippen LogP contribution in [-0.4, -0.2) is 34.5 Å². The van der Waals surface area contributed by atoms with Crippen LogP contribution in [0.2, 0.25) is 0 Å². The Balaban J connectivity index is 2.77. The van der Waals surface area contributed by atoms with E-state index in [0.29, 0.717) is 13.0 Å². The molecule has 2 atom stereocenters. The molecule has 1 N–H and O–H groups in total. The van der Waals surface area contributed by atoms with E-state index in [-0.39, 0.29) is 18.2 Å². The van der Waals surface area contributed by atoms with Crippen LogP contribution in [0.3, 0.4) is 0 Å². The van der Waals surface area contributed by atoms with Gasteiger partial charge in [-0.2, -0.15) is 0 Å². The maximum atomic E-state index is 11.5. The van der Waals surface area contributed by atoms with Crippen LogP contribution in [0.25, 0.3) is 0 Å². The van der Waals surface area contributed by atoms with E-state index in [1.165, 1.54) is 4.90 Å². The van der Waals surface area contributed by atoms with Gasteiger partial charge in [-0.15, -0.1) is 18.9 Å². The maximum absolute atomic E-state index is 11.5. The predicted octanol–water partition coefficient (Wildman–Crippen LogP) is 0.497. The fraction of sp³-hybridized carbons (Fsp3) is 0.455. The normalized spacial score (nSPS) is 22.2. The molecular formula is C11H13NO3. The summed E-state index contributed by atoms with van der Waals surface area (Å²) in [5.74, 6) is 1.10. The zero-order valence-corrected chi connectivity index (χ0v) is 8.35. The van der Waals surface area contributed by atoms with Crippen molar-refractivity contribution in [1.29, 1.82) is 0 Å². The third kappa shape index (κ3) is 2.38. The number of likely N-dealkylation sites (tertiary alicyclic amines) is 1. The third-order valence-electron chi connectivity index (χ3n) is 2.49. The Kier molecular flexibility index (Phi) is 3.51. The average molecular weight is 207 g/mol. The summed E-state index contributed by atoms with van der Waals surface area (Å²) in [5.41, 5.74) is 0. The van der Waals surface area contributed by atoms with Crippen LogP contribution in [0, 0.1) is 18.3 Å². The zero-order valence-electron chi connectivity index (χ0n) is 8.35. The molecule has 0 spiro atoms. The molecule has 80 valence electrons. The highest BCUT2D eigenvalue weighted by molar-refractivity contribution is 5.85. The first-order valence-electron chi connectivity index (χ1n) is 4.68. The largest absolute Gasteiger partial charge is 0.480 e. The van der Waals surface area contributed by atoms with Gasteiger partial charge in [0.05, 0.1) is 0 Å². The first kappa shape index (κ1) is 11.3. The SMILES string of the molecule is C#CCC(C(=O)O)N1CC(C=C)CC1=O. The lowest BCUT2D eigenvalue weighted by Gasteiger charge is -2.22. The van der Waals surface area contributed by atoms with E-state index >= 15 is 0 Å². The lowest BCUT2D eigenvalue weighted by atomic mass is 10.1. The number of hydrogen-bond donors (Lipinski definition) is 1. The highest BCUT2D eigenvalue weighted by Gasteiger charge is 2.35. The summed E-state index contributed by atoms with van der Waals surface area (Å²) in [6.45, 7) is 4.00. The number of rotatable bonds is 4. The summed E-state index contributed by atoms with van der Waals surface area (Å²) in [5, 5.41) is 8.93. The lowest BCUT2D eigenvalue weighted by Crippen LogP contribution is -2.41. The van der Waals surface area contributed by atoms with Crippen molar-refractivity contribution in [2.24, 2.45) is 5.92 Å². The monoisotopic (exact) mass is 207 g/mol. The number of nitrogens with zero attached hydrogens (tertiary/aromatic N) is 1. The van der Waals surface area contributed by atoms with Crippen molar-refractivity contribution in [3.05, 3.63) is 12.7 Å². The minimum atomic E-state index is -1.05. The van der Waals surface area contributed by atoms with E-state index in [1.54, 1.807) is 6.08 Å². The number of carboxylic acids is 1. The second-order valence-corrected chi connectivity index (χ2v) is 3.51. The highest BCUT2D eigenvalue weighted by Crippen LogP contribution is 2.22. The lowest BCUT2D eigenvalue weighted by molar-refractivity contribution is -0.148. The molecule has 1 saturated heterocycles. The first-order chi connectivity index (χ1) is 7.10. The number of aliphatic carboxylic acids is 1. The molecule has 0 aromatic heterocycles. The molecule has 0 aromatic carbocycles. The Morgan fingerprint density at radius 1 is 1.87 bits per heavy atom. The van der Waals surface area contributed by atoms with Crippen molar-refractivity contribution >= 4 is 11.9 Å². The van der Waals surface area contributed by atoms with Crippen molar-refractivity contribution in [2.75, 3.05) is 6.54 Å². The molecule has 15 heavy (non-hydrogen) atoms. The summed E-state index contributed by atoms with van der Waals surface area (Å²) in [7, 11) is 0. The van der Waals surface area contributed by atoms with Gasteiger partial charge >= 0.3 is 5.97 Å². The van der Waals surface area contributed by atoms with Crippen LogP contribution >= 0.6 is 0 Å². The molecule has 1 rings (SSSR count). The highest BCUT2D eigenvalue weighted by atomic mass is 16.4. The van der Waals surface area contributed by atoms with E-state index in [1.807, 2.05) is 0 Å². The van der Waals surface area contributed by atoms with Crippen LogP contribution in [0.4, 0.5) is 0 Å². The predicted molar refractivity (Wildman–Crippen MR) is 54.9 cm³/mol. The van der Waals surface area contributed by atoms with Gasteiger partial charge < -0.3 is 10.0 Å². The van der Waals surface area contributed by atoms with Gasteiger partial charge in [0, 0.05) is 25.3 Å². The number of carbonyl (C=O) groups is 2. The molecule has 0 bridgehead atoms. The summed E-state index contributed by atoms with van der Waals surface area (Å²) in [6, 6.07) is -0.896. The Morgan fingerprint density at radius 2 is 2.53 bits per heavy atom. The topological polar surface area (TPSA) is 57.6 Å². The first-order valence-corrected chi connectivity index (χ1v) is 4.68. The van der Waals surface area contributed by atoms with Gasteiger partial charge in [-0.3, -0.25) is 4.79 Å². The Bertz CT molecular complexity index is 329. The van der Waals surface area contributed by atoms with E-state index in [9.17, 15) is 9.59 Å². The molecule has 0 radical (unpaired) electrons.